The van der Waals surface area contributed by atoms with Crippen LogP contribution in [0.15, 0.2) is 71.6 Å². The summed E-state index contributed by atoms with van der Waals surface area (Å²) in [7, 11) is -2.64. The first-order valence-electron chi connectivity index (χ1n) is 12.1. The van der Waals surface area contributed by atoms with E-state index in [1.807, 2.05) is 13.8 Å². The summed E-state index contributed by atoms with van der Waals surface area (Å²) >= 11 is 12.8. The van der Waals surface area contributed by atoms with Gasteiger partial charge in [0.15, 0.2) is 0 Å². The number of aryl methyl sites for hydroxylation is 2. The van der Waals surface area contributed by atoms with E-state index in [1.165, 1.54) is 24.1 Å². The van der Waals surface area contributed by atoms with Crippen LogP contribution in [0.1, 0.15) is 30.0 Å². The normalized spacial score (nSPS) is 12.1. The first-order valence-corrected chi connectivity index (χ1v) is 14.3. The van der Waals surface area contributed by atoms with Gasteiger partial charge in [-0.1, -0.05) is 71.6 Å². The van der Waals surface area contributed by atoms with Crippen molar-refractivity contribution in [2.75, 3.05) is 17.9 Å². The number of benzene rings is 3. The molecule has 0 aliphatic rings. The van der Waals surface area contributed by atoms with Gasteiger partial charge in [0.1, 0.15) is 12.6 Å². The van der Waals surface area contributed by atoms with Gasteiger partial charge in [-0.15, -0.1) is 0 Å². The van der Waals surface area contributed by atoms with Gasteiger partial charge >= 0.3 is 0 Å². The van der Waals surface area contributed by atoms with Crippen LogP contribution in [0.25, 0.3) is 0 Å². The second kappa shape index (κ2) is 12.7. The van der Waals surface area contributed by atoms with Crippen LogP contribution < -0.4 is 9.62 Å². The summed E-state index contributed by atoms with van der Waals surface area (Å²) in [6, 6.07) is 17.4. The fourth-order valence-electron chi connectivity index (χ4n) is 4.02. The molecule has 0 aliphatic heterocycles. The van der Waals surface area contributed by atoms with E-state index < -0.39 is 28.5 Å². The molecular formula is C28H31Cl2N3O4S. The first-order chi connectivity index (χ1) is 18.0. The van der Waals surface area contributed by atoms with Crippen molar-refractivity contribution in [1.82, 2.24) is 10.2 Å². The Hall–Kier alpha value is -3.07. The highest BCUT2D eigenvalue weighted by atomic mass is 35.5. The molecule has 38 heavy (non-hydrogen) atoms. The van der Waals surface area contributed by atoms with Gasteiger partial charge < -0.3 is 10.2 Å². The van der Waals surface area contributed by atoms with Crippen molar-refractivity contribution < 1.29 is 18.0 Å². The van der Waals surface area contributed by atoms with Gasteiger partial charge in [-0.25, -0.2) is 8.42 Å². The summed E-state index contributed by atoms with van der Waals surface area (Å²) in [5.41, 5.74) is 2.64. The van der Waals surface area contributed by atoms with Gasteiger partial charge in [-0.3, -0.25) is 13.9 Å². The zero-order valence-electron chi connectivity index (χ0n) is 21.7. The molecule has 0 saturated heterocycles. The molecule has 2 amide bonds. The lowest BCUT2D eigenvalue weighted by Crippen LogP contribution is -2.51. The molecular weight excluding hydrogens is 545 g/mol. The Balaban J connectivity index is 2.09. The van der Waals surface area contributed by atoms with Gasteiger partial charge in [-0.05, 0) is 56.7 Å². The smallest absolute Gasteiger partial charge is 0.264 e. The number of anilines is 1. The Morgan fingerprint density at radius 1 is 0.895 bits per heavy atom. The highest BCUT2D eigenvalue weighted by Gasteiger charge is 2.34. The molecule has 3 rings (SSSR count). The van der Waals surface area contributed by atoms with Crippen LogP contribution in [0.3, 0.4) is 0 Å². The molecule has 0 fully saturated rings. The van der Waals surface area contributed by atoms with Gasteiger partial charge in [0.05, 0.1) is 10.6 Å². The van der Waals surface area contributed by atoms with E-state index in [0.717, 1.165) is 15.4 Å². The first kappa shape index (κ1) is 29.5. The molecule has 202 valence electrons. The van der Waals surface area contributed by atoms with E-state index in [2.05, 4.69) is 5.32 Å². The van der Waals surface area contributed by atoms with Gasteiger partial charge in [-0.2, -0.15) is 0 Å². The maximum atomic E-state index is 13.9. The molecule has 0 radical (unpaired) electrons. The minimum atomic E-state index is -4.13. The van der Waals surface area contributed by atoms with E-state index in [-0.39, 0.29) is 17.3 Å². The van der Waals surface area contributed by atoms with Crippen LogP contribution in [0.4, 0.5) is 5.69 Å². The SMILES string of the molecule is CCC(C(=O)NC)N(Cc1c(Cl)cccc1Cl)C(=O)CN(c1ccc(C)cc1)S(=O)(=O)c1ccc(C)cc1. The number of rotatable bonds is 10. The molecule has 0 heterocycles. The van der Waals surface area contributed by atoms with E-state index >= 15 is 0 Å². The predicted molar refractivity (Wildman–Crippen MR) is 152 cm³/mol. The lowest BCUT2D eigenvalue weighted by Gasteiger charge is -2.33. The van der Waals surface area contributed by atoms with Crippen LogP contribution in [0.5, 0.6) is 0 Å². The largest absolute Gasteiger partial charge is 0.357 e. The summed E-state index contributed by atoms with van der Waals surface area (Å²) in [5.74, 6) is -0.958. The minimum absolute atomic E-state index is 0.0514. The summed E-state index contributed by atoms with van der Waals surface area (Å²) in [6.07, 6.45) is 0.294. The van der Waals surface area contributed by atoms with Crippen molar-refractivity contribution in [3.05, 3.63) is 93.5 Å². The van der Waals surface area contributed by atoms with Gasteiger partial charge in [0.25, 0.3) is 10.0 Å². The zero-order valence-corrected chi connectivity index (χ0v) is 24.1. The third-order valence-electron chi connectivity index (χ3n) is 6.23. The molecule has 1 atom stereocenters. The molecule has 0 saturated carbocycles. The van der Waals surface area contributed by atoms with Crippen molar-refractivity contribution in [2.24, 2.45) is 0 Å². The second-order valence-electron chi connectivity index (χ2n) is 8.92. The molecule has 0 bridgehead atoms. The lowest BCUT2D eigenvalue weighted by atomic mass is 10.1. The molecule has 0 aromatic heterocycles. The number of hydrogen-bond acceptors (Lipinski definition) is 4. The van der Waals surface area contributed by atoms with Crippen LogP contribution in [-0.4, -0.2) is 44.8 Å². The van der Waals surface area contributed by atoms with Crippen LogP contribution in [0.2, 0.25) is 10.0 Å². The predicted octanol–water partition coefficient (Wildman–Crippen LogP) is 5.36. The highest BCUT2D eigenvalue weighted by Crippen LogP contribution is 2.29. The van der Waals surface area contributed by atoms with E-state index in [0.29, 0.717) is 27.7 Å². The summed E-state index contributed by atoms with van der Waals surface area (Å²) < 4.78 is 28.7. The summed E-state index contributed by atoms with van der Waals surface area (Å²) in [5, 5.41) is 3.26. The van der Waals surface area contributed by atoms with Crippen molar-refractivity contribution in [2.45, 2.75) is 44.7 Å². The summed E-state index contributed by atoms with van der Waals surface area (Å²) in [4.78, 5) is 28.1. The maximum Gasteiger partial charge on any atom is 0.264 e. The van der Waals surface area contributed by atoms with Crippen molar-refractivity contribution in [3.8, 4) is 0 Å². The average molecular weight is 577 g/mol. The monoisotopic (exact) mass is 575 g/mol. The van der Waals surface area contributed by atoms with E-state index in [1.54, 1.807) is 61.5 Å². The Morgan fingerprint density at radius 3 is 1.92 bits per heavy atom. The topological polar surface area (TPSA) is 86.8 Å². The van der Waals surface area contributed by atoms with E-state index in [4.69, 9.17) is 23.2 Å². The third-order valence-corrected chi connectivity index (χ3v) is 8.73. The fraction of sp³-hybridized carbons (Fsp3) is 0.286. The number of nitrogens with one attached hydrogen (secondary N) is 1. The van der Waals surface area contributed by atoms with Gasteiger partial charge in [0, 0.05) is 29.2 Å². The zero-order chi connectivity index (χ0) is 28.0. The Kier molecular flexibility index (Phi) is 9.82. The number of hydrogen-bond donors (Lipinski definition) is 1. The number of carbonyl (C=O) groups excluding carboxylic acids is 2. The number of amides is 2. The highest BCUT2D eigenvalue weighted by molar-refractivity contribution is 7.92. The second-order valence-corrected chi connectivity index (χ2v) is 11.6. The Labute approximate surface area is 234 Å². The molecule has 10 heteroatoms. The number of sulfonamides is 1. The van der Waals surface area contributed by atoms with Gasteiger partial charge in [0.2, 0.25) is 11.8 Å². The van der Waals surface area contributed by atoms with E-state index in [9.17, 15) is 18.0 Å². The Morgan fingerprint density at radius 2 is 1.42 bits per heavy atom. The van der Waals surface area contributed by atoms with Crippen molar-refractivity contribution in [3.63, 3.8) is 0 Å². The number of likely N-dealkylation sites (N-methyl/N-ethyl adjacent to an activating group) is 1. The van der Waals surface area contributed by atoms with Crippen molar-refractivity contribution >= 4 is 50.7 Å². The number of halogens is 2. The van der Waals surface area contributed by atoms with Crippen LogP contribution in [-0.2, 0) is 26.2 Å². The standard InChI is InChI=1S/C28H31Cl2N3O4S/c1-5-26(28(35)31-4)32(17-23-24(29)7-6-8-25(23)30)27(34)18-33(21-13-9-19(2)10-14-21)38(36,37)22-15-11-20(3)12-16-22/h6-16,26H,5,17-18H2,1-4H3,(H,31,35). The molecule has 3 aromatic rings. The average Bonchev–Trinajstić information content (AvgIpc) is 2.89. The molecule has 0 aliphatic carbocycles. The molecule has 1 N–H and O–H groups in total. The molecule has 3 aromatic carbocycles. The van der Waals surface area contributed by atoms with Crippen molar-refractivity contribution in [1.29, 1.82) is 0 Å². The fourth-order valence-corrected chi connectivity index (χ4v) is 5.95. The third kappa shape index (κ3) is 6.67. The quantitative estimate of drug-likeness (QED) is 0.352. The molecule has 1 unspecified atom stereocenters. The van der Waals surface area contributed by atoms with Crippen LogP contribution in [0, 0.1) is 13.8 Å². The minimum Gasteiger partial charge on any atom is -0.357 e. The Bertz CT molecular complexity index is 1370. The molecule has 0 spiro atoms. The lowest BCUT2D eigenvalue weighted by molar-refractivity contribution is -0.140. The maximum absolute atomic E-state index is 13.9. The number of carbonyl (C=O) groups is 2. The summed E-state index contributed by atoms with van der Waals surface area (Å²) in [6.45, 7) is 4.91. The number of nitrogens with zero attached hydrogens (tertiary/aromatic N) is 2. The van der Waals surface area contributed by atoms with Crippen LogP contribution >= 0.6 is 23.2 Å². The molecule has 7 nitrogen and oxygen atoms in total.